The molecule has 6 nitrogen and oxygen atoms in total. The maximum Gasteiger partial charge on any atom is 0.256 e. The zero-order valence-corrected chi connectivity index (χ0v) is 20.8. The molecule has 0 bridgehead atoms. The number of aromatic nitrogens is 1. The lowest BCUT2D eigenvalue weighted by molar-refractivity contribution is 0.0303. The number of carbonyl (C=O) groups excluding carboxylic acids is 2. The van der Waals surface area contributed by atoms with Crippen molar-refractivity contribution in [1.29, 1.82) is 0 Å². The van der Waals surface area contributed by atoms with Gasteiger partial charge in [0, 0.05) is 39.8 Å². The molecule has 176 valence electrons. The standard InChI is InChI=1S/C28H24BrN3O3/c1-18-2-4-19(5-3-18)26-17-24(23-16-21(29)8-11-25(23)31-26)27(33)30-22-9-6-20(7-10-22)28(34)32-12-14-35-15-13-32/h2-11,16-17H,12-15H2,1H3,(H,30,33). The van der Waals surface area contributed by atoms with E-state index in [9.17, 15) is 9.59 Å². The smallest absolute Gasteiger partial charge is 0.256 e. The Morgan fingerprint density at radius 1 is 0.943 bits per heavy atom. The number of hydrogen-bond donors (Lipinski definition) is 1. The lowest BCUT2D eigenvalue weighted by Gasteiger charge is -2.26. The van der Waals surface area contributed by atoms with E-state index in [1.165, 1.54) is 0 Å². The Hall–Kier alpha value is -3.55. The van der Waals surface area contributed by atoms with Crippen LogP contribution in [0, 0.1) is 6.92 Å². The molecule has 3 aromatic carbocycles. The van der Waals surface area contributed by atoms with Crippen LogP contribution >= 0.6 is 15.9 Å². The first-order valence-corrected chi connectivity index (χ1v) is 12.2. The fourth-order valence-electron chi connectivity index (χ4n) is 4.10. The van der Waals surface area contributed by atoms with Crippen LogP contribution in [0.3, 0.4) is 0 Å². The molecule has 0 unspecified atom stereocenters. The van der Waals surface area contributed by atoms with E-state index in [0.717, 1.165) is 32.2 Å². The molecule has 1 saturated heterocycles. The van der Waals surface area contributed by atoms with Crippen molar-refractivity contribution in [2.75, 3.05) is 31.6 Å². The van der Waals surface area contributed by atoms with Crippen molar-refractivity contribution in [2.24, 2.45) is 0 Å². The SMILES string of the molecule is Cc1ccc(-c2cc(C(=O)Nc3ccc(C(=O)N4CCOCC4)cc3)c3cc(Br)ccc3n2)cc1. The highest BCUT2D eigenvalue weighted by Gasteiger charge is 2.19. The summed E-state index contributed by atoms with van der Waals surface area (Å²) in [5.74, 6) is -0.269. The Morgan fingerprint density at radius 2 is 1.66 bits per heavy atom. The Balaban J connectivity index is 1.43. The van der Waals surface area contributed by atoms with Crippen molar-refractivity contribution < 1.29 is 14.3 Å². The van der Waals surface area contributed by atoms with Gasteiger partial charge >= 0.3 is 0 Å². The molecule has 1 aliphatic heterocycles. The second-order valence-corrected chi connectivity index (χ2v) is 9.43. The van der Waals surface area contributed by atoms with E-state index in [2.05, 4.69) is 21.2 Å². The second-order valence-electron chi connectivity index (χ2n) is 8.52. The molecule has 1 aromatic heterocycles. The third-order valence-corrected chi connectivity index (χ3v) is 6.54. The maximum atomic E-state index is 13.4. The molecular weight excluding hydrogens is 506 g/mol. The molecule has 0 saturated carbocycles. The zero-order valence-electron chi connectivity index (χ0n) is 19.3. The van der Waals surface area contributed by atoms with E-state index in [0.29, 0.717) is 43.1 Å². The number of fused-ring (bicyclic) bond motifs is 1. The van der Waals surface area contributed by atoms with Gasteiger partial charge in [-0.2, -0.15) is 0 Å². The first kappa shape index (κ1) is 23.2. The summed E-state index contributed by atoms with van der Waals surface area (Å²) in [5, 5.41) is 3.73. The van der Waals surface area contributed by atoms with Crippen molar-refractivity contribution in [3.05, 3.63) is 94.0 Å². The van der Waals surface area contributed by atoms with Crippen molar-refractivity contribution >= 4 is 44.3 Å². The summed E-state index contributed by atoms with van der Waals surface area (Å²) < 4.78 is 6.19. The van der Waals surface area contributed by atoms with E-state index in [4.69, 9.17) is 9.72 Å². The average Bonchev–Trinajstić information content (AvgIpc) is 2.89. The Labute approximate surface area is 212 Å². The summed E-state index contributed by atoms with van der Waals surface area (Å²) >= 11 is 3.50. The predicted molar refractivity (Wildman–Crippen MR) is 141 cm³/mol. The van der Waals surface area contributed by atoms with Gasteiger partial charge in [-0.1, -0.05) is 45.8 Å². The molecule has 1 fully saturated rings. The largest absolute Gasteiger partial charge is 0.378 e. The van der Waals surface area contributed by atoms with Crippen LogP contribution in [0.2, 0.25) is 0 Å². The number of amides is 2. The summed E-state index contributed by atoms with van der Waals surface area (Å²) in [6.45, 7) is 4.32. The molecule has 1 N–H and O–H groups in total. The highest BCUT2D eigenvalue weighted by molar-refractivity contribution is 9.10. The van der Waals surface area contributed by atoms with Gasteiger partial charge in [-0.3, -0.25) is 9.59 Å². The number of nitrogens with zero attached hydrogens (tertiary/aromatic N) is 2. The van der Waals surface area contributed by atoms with Crippen LogP contribution in [0.4, 0.5) is 5.69 Å². The topological polar surface area (TPSA) is 71.5 Å². The zero-order chi connectivity index (χ0) is 24.4. The van der Waals surface area contributed by atoms with E-state index >= 15 is 0 Å². The molecule has 7 heteroatoms. The summed E-state index contributed by atoms with van der Waals surface area (Å²) in [6, 6.07) is 22.6. The molecule has 0 spiro atoms. The van der Waals surface area contributed by atoms with Crippen molar-refractivity contribution in [3.8, 4) is 11.3 Å². The molecular formula is C28H24BrN3O3. The first-order valence-electron chi connectivity index (χ1n) is 11.4. The number of halogens is 1. The van der Waals surface area contributed by atoms with Crippen LogP contribution in [-0.4, -0.2) is 48.0 Å². The van der Waals surface area contributed by atoms with Gasteiger partial charge in [-0.05, 0) is 55.5 Å². The van der Waals surface area contributed by atoms with Crippen molar-refractivity contribution in [1.82, 2.24) is 9.88 Å². The van der Waals surface area contributed by atoms with Gasteiger partial charge < -0.3 is 15.0 Å². The van der Waals surface area contributed by atoms with Gasteiger partial charge in [0.25, 0.3) is 11.8 Å². The number of carbonyl (C=O) groups is 2. The third kappa shape index (κ3) is 5.11. The monoisotopic (exact) mass is 529 g/mol. The average molecular weight is 530 g/mol. The molecule has 4 aromatic rings. The number of benzene rings is 3. The second kappa shape index (κ2) is 9.98. The van der Waals surface area contributed by atoms with Gasteiger partial charge in [-0.25, -0.2) is 4.98 Å². The molecule has 1 aliphatic rings. The number of hydrogen-bond acceptors (Lipinski definition) is 4. The normalized spacial score (nSPS) is 13.6. The van der Waals surface area contributed by atoms with Crippen LogP contribution in [0.1, 0.15) is 26.3 Å². The molecule has 0 radical (unpaired) electrons. The Morgan fingerprint density at radius 3 is 2.37 bits per heavy atom. The van der Waals surface area contributed by atoms with Crippen molar-refractivity contribution in [3.63, 3.8) is 0 Å². The highest BCUT2D eigenvalue weighted by atomic mass is 79.9. The van der Waals surface area contributed by atoms with Gasteiger partial charge in [-0.15, -0.1) is 0 Å². The lowest BCUT2D eigenvalue weighted by Crippen LogP contribution is -2.40. The minimum absolute atomic E-state index is 0.0288. The van der Waals surface area contributed by atoms with Crippen LogP contribution < -0.4 is 5.32 Å². The maximum absolute atomic E-state index is 13.4. The number of nitrogens with one attached hydrogen (secondary N) is 1. The predicted octanol–water partition coefficient (Wildman–Crippen LogP) is 5.70. The van der Waals surface area contributed by atoms with Gasteiger partial charge in [0.05, 0.1) is 30.0 Å². The summed E-state index contributed by atoms with van der Waals surface area (Å²) in [5.41, 5.74) is 5.31. The number of ether oxygens (including phenoxy) is 1. The Kier molecular flexibility index (Phi) is 6.61. The minimum atomic E-state index is -0.240. The summed E-state index contributed by atoms with van der Waals surface area (Å²) in [4.78, 5) is 32.7. The van der Waals surface area contributed by atoms with Gasteiger partial charge in [0.2, 0.25) is 0 Å². The van der Waals surface area contributed by atoms with Crippen LogP contribution in [0.5, 0.6) is 0 Å². The Bertz CT molecular complexity index is 1400. The van der Waals surface area contributed by atoms with Crippen LogP contribution in [0.15, 0.2) is 77.3 Å². The number of rotatable bonds is 4. The fourth-order valence-corrected chi connectivity index (χ4v) is 4.46. The minimum Gasteiger partial charge on any atom is -0.378 e. The molecule has 2 amide bonds. The lowest BCUT2D eigenvalue weighted by atomic mass is 10.0. The number of aryl methyl sites for hydroxylation is 1. The van der Waals surface area contributed by atoms with E-state index in [-0.39, 0.29) is 11.8 Å². The van der Waals surface area contributed by atoms with Crippen LogP contribution in [0.25, 0.3) is 22.2 Å². The summed E-state index contributed by atoms with van der Waals surface area (Å²) in [7, 11) is 0. The molecule has 0 atom stereocenters. The van der Waals surface area contributed by atoms with Crippen molar-refractivity contribution in [2.45, 2.75) is 6.92 Å². The van der Waals surface area contributed by atoms with E-state index in [1.54, 1.807) is 29.2 Å². The van der Waals surface area contributed by atoms with Gasteiger partial charge in [0.1, 0.15) is 0 Å². The quantitative estimate of drug-likeness (QED) is 0.368. The fraction of sp³-hybridized carbons (Fsp3) is 0.179. The third-order valence-electron chi connectivity index (χ3n) is 6.05. The van der Waals surface area contributed by atoms with E-state index < -0.39 is 0 Å². The molecule has 5 rings (SSSR count). The highest BCUT2D eigenvalue weighted by Crippen LogP contribution is 2.28. The molecule has 0 aliphatic carbocycles. The molecule has 35 heavy (non-hydrogen) atoms. The first-order chi connectivity index (χ1) is 17.0. The van der Waals surface area contributed by atoms with E-state index in [1.807, 2.05) is 55.5 Å². The number of pyridine rings is 1. The van der Waals surface area contributed by atoms with Gasteiger partial charge in [0.15, 0.2) is 0 Å². The van der Waals surface area contributed by atoms with Crippen LogP contribution in [-0.2, 0) is 4.74 Å². The molecule has 2 heterocycles. The number of morpholine rings is 1. The summed E-state index contributed by atoms with van der Waals surface area (Å²) in [6.07, 6.45) is 0. The number of anilines is 1.